The van der Waals surface area contributed by atoms with Crippen LogP contribution in [0.5, 0.6) is 5.75 Å². The number of amides is 2. The van der Waals surface area contributed by atoms with Crippen molar-refractivity contribution in [1.29, 1.82) is 5.26 Å². The number of hydrogen-bond donors (Lipinski definition) is 2. The zero-order valence-corrected chi connectivity index (χ0v) is 19.4. The SMILES string of the molecule is CNC(=O)N[C@H]1CC[C@H](n2c(=O)n(Cc3ccc(OC)c(Cl)c3)c3cc(C#N)ccc32)CC1. The summed E-state index contributed by atoms with van der Waals surface area (Å²) in [7, 11) is 3.15. The molecule has 0 spiro atoms. The number of imidazole rings is 1. The molecular weight excluding hydrogens is 442 g/mol. The predicted octanol–water partition coefficient (Wildman–Crippen LogP) is 3.80. The number of ether oxygens (including phenoxy) is 1. The van der Waals surface area contributed by atoms with E-state index < -0.39 is 0 Å². The first kappa shape index (κ1) is 22.7. The van der Waals surface area contributed by atoms with E-state index in [9.17, 15) is 14.9 Å². The number of methoxy groups -OCH3 is 1. The smallest absolute Gasteiger partial charge is 0.329 e. The molecule has 1 saturated carbocycles. The average Bonchev–Trinajstić information content (AvgIpc) is 3.10. The number of nitrogens with one attached hydrogen (secondary N) is 2. The Morgan fingerprint density at radius 3 is 2.58 bits per heavy atom. The molecule has 0 unspecified atom stereocenters. The van der Waals surface area contributed by atoms with Crippen LogP contribution in [0.3, 0.4) is 0 Å². The van der Waals surface area contributed by atoms with Gasteiger partial charge in [-0.15, -0.1) is 0 Å². The zero-order chi connectivity index (χ0) is 23.5. The van der Waals surface area contributed by atoms with Crippen molar-refractivity contribution in [3.63, 3.8) is 0 Å². The third kappa shape index (κ3) is 4.55. The molecule has 0 radical (unpaired) electrons. The fourth-order valence-corrected chi connectivity index (χ4v) is 4.86. The first-order valence-electron chi connectivity index (χ1n) is 10.9. The zero-order valence-electron chi connectivity index (χ0n) is 18.6. The highest BCUT2D eigenvalue weighted by atomic mass is 35.5. The lowest BCUT2D eigenvalue weighted by molar-refractivity contribution is 0.229. The van der Waals surface area contributed by atoms with Crippen molar-refractivity contribution >= 4 is 28.7 Å². The summed E-state index contributed by atoms with van der Waals surface area (Å²) in [5, 5.41) is 15.4. The minimum atomic E-state index is -0.186. The van der Waals surface area contributed by atoms with Crippen molar-refractivity contribution in [1.82, 2.24) is 19.8 Å². The van der Waals surface area contributed by atoms with Gasteiger partial charge in [-0.25, -0.2) is 9.59 Å². The van der Waals surface area contributed by atoms with Gasteiger partial charge in [0.25, 0.3) is 0 Å². The second-order valence-corrected chi connectivity index (χ2v) is 8.66. The number of benzene rings is 2. The second-order valence-electron chi connectivity index (χ2n) is 8.25. The lowest BCUT2D eigenvalue weighted by Gasteiger charge is -2.29. The number of urea groups is 1. The van der Waals surface area contributed by atoms with E-state index in [0.717, 1.165) is 42.3 Å². The number of halogens is 1. The Bertz CT molecular complexity index is 1280. The highest BCUT2D eigenvalue weighted by molar-refractivity contribution is 6.32. The van der Waals surface area contributed by atoms with E-state index in [0.29, 0.717) is 22.9 Å². The van der Waals surface area contributed by atoms with Gasteiger partial charge in [0.1, 0.15) is 5.75 Å². The van der Waals surface area contributed by atoms with Crippen LogP contribution in [0.1, 0.15) is 42.9 Å². The molecule has 0 bridgehead atoms. The Kier molecular flexibility index (Phi) is 6.61. The molecule has 4 rings (SSSR count). The molecule has 3 aromatic rings. The molecule has 1 heterocycles. The highest BCUT2D eigenvalue weighted by Gasteiger charge is 2.27. The first-order valence-corrected chi connectivity index (χ1v) is 11.3. The monoisotopic (exact) mass is 467 g/mol. The molecular formula is C24H26ClN5O3. The van der Waals surface area contributed by atoms with Crippen LogP contribution >= 0.6 is 11.6 Å². The molecule has 9 heteroatoms. The Balaban J connectivity index is 1.69. The minimum Gasteiger partial charge on any atom is -0.495 e. The molecule has 1 aliphatic carbocycles. The maximum absolute atomic E-state index is 13.6. The second kappa shape index (κ2) is 9.59. The van der Waals surface area contributed by atoms with Crippen LogP contribution in [-0.4, -0.2) is 35.4 Å². The van der Waals surface area contributed by atoms with E-state index >= 15 is 0 Å². The average molecular weight is 468 g/mol. The lowest BCUT2D eigenvalue weighted by Crippen LogP contribution is -2.43. The summed E-state index contributed by atoms with van der Waals surface area (Å²) >= 11 is 6.29. The van der Waals surface area contributed by atoms with Crippen LogP contribution in [0.2, 0.25) is 5.02 Å². The molecule has 33 heavy (non-hydrogen) atoms. The number of nitrogens with zero attached hydrogens (tertiary/aromatic N) is 3. The number of hydrogen-bond acceptors (Lipinski definition) is 4. The Morgan fingerprint density at radius 2 is 1.94 bits per heavy atom. The minimum absolute atomic E-state index is 0.0244. The molecule has 1 aliphatic rings. The Morgan fingerprint density at radius 1 is 1.18 bits per heavy atom. The quantitative estimate of drug-likeness (QED) is 0.596. The van der Waals surface area contributed by atoms with Crippen molar-refractivity contribution in [2.75, 3.05) is 14.2 Å². The predicted molar refractivity (Wildman–Crippen MR) is 127 cm³/mol. The van der Waals surface area contributed by atoms with Gasteiger partial charge in [0, 0.05) is 19.1 Å². The topological polar surface area (TPSA) is 101 Å². The molecule has 172 valence electrons. The van der Waals surface area contributed by atoms with Crippen molar-refractivity contribution < 1.29 is 9.53 Å². The van der Waals surface area contributed by atoms with Crippen LogP contribution in [0, 0.1) is 11.3 Å². The Hall–Kier alpha value is -3.44. The lowest BCUT2D eigenvalue weighted by atomic mass is 9.91. The van der Waals surface area contributed by atoms with Crippen molar-refractivity contribution in [2.24, 2.45) is 0 Å². The number of nitriles is 1. The van der Waals surface area contributed by atoms with E-state index in [4.69, 9.17) is 16.3 Å². The standard InChI is InChI=1S/C24H26ClN5O3/c1-27-23(31)28-17-5-7-18(8-6-17)30-20-9-3-15(13-26)12-21(20)29(24(30)32)14-16-4-10-22(33-2)19(25)11-16/h3-4,9-12,17-18H,5-8,14H2,1-2H3,(H2,27,28,31)/t17-,18-. The molecule has 0 atom stereocenters. The summed E-state index contributed by atoms with van der Waals surface area (Å²) in [5.41, 5.74) is 2.77. The fraction of sp³-hybridized carbons (Fsp3) is 0.375. The van der Waals surface area contributed by atoms with Crippen LogP contribution in [-0.2, 0) is 6.54 Å². The molecule has 1 aromatic heterocycles. The van der Waals surface area contributed by atoms with Crippen LogP contribution < -0.4 is 21.1 Å². The number of carbonyl (C=O) groups excluding carboxylic acids is 1. The van der Waals surface area contributed by atoms with Crippen LogP contribution in [0.25, 0.3) is 11.0 Å². The first-order chi connectivity index (χ1) is 15.9. The number of carbonyl (C=O) groups is 1. The van der Waals surface area contributed by atoms with Gasteiger partial charge >= 0.3 is 11.7 Å². The molecule has 8 nitrogen and oxygen atoms in total. The fourth-order valence-electron chi connectivity index (χ4n) is 4.58. The van der Waals surface area contributed by atoms with Gasteiger partial charge in [0.05, 0.1) is 41.3 Å². The van der Waals surface area contributed by atoms with E-state index in [1.54, 1.807) is 43.0 Å². The maximum atomic E-state index is 13.6. The molecule has 0 aliphatic heterocycles. The van der Waals surface area contributed by atoms with Gasteiger partial charge in [-0.2, -0.15) is 5.26 Å². The third-order valence-electron chi connectivity index (χ3n) is 6.27. The third-order valence-corrected chi connectivity index (χ3v) is 6.57. The van der Waals surface area contributed by atoms with Crippen molar-refractivity contribution in [3.05, 3.63) is 63.0 Å². The van der Waals surface area contributed by atoms with Crippen LogP contribution in [0.4, 0.5) is 4.79 Å². The van der Waals surface area contributed by atoms with Gasteiger partial charge in [-0.3, -0.25) is 9.13 Å². The molecule has 2 aromatic carbocycles. The van der Waals surface area contributed by atoms with E-state index in [-0.39, 0.29) is 23.8 Å². The van der Waals surface area contributed by atoms with Gasteiger partial charge in [-0.1, -0.05) is 17.7 Å². The molecule has 1 fully saturated rings. The van der Waals surface area contributed by atoms with Gasteiger partial charge < -0.3 is 15.4 Å². The van der Waals surface area contributed by atoms with Crippen LogP contribution in [0.15, 0.2) is 41.2 Å². The largest absolute Gasteiger partial charge is 0.495 e. The summed E-state index contributed by atoms with van der Waals surface area (Å²) in [6, 6.07) is 12.9. The van der Waals surface area contributed by atoms with E-state index in [1.165, 1.54) is 0 Å². The normalized spacial score (nSPS) is 18.0. The number of rotatable bonds is 5. The van der Waals surface area contributed by atoms with Crippen molar-refractivity contribution in [2.45, 2.75) is 44.3 Å². The summed E-state index contributed by atoms with van der Waals surface area (Å²) in [5.74, 6) is 0.573. The van der Waals surface area contributed by atoms with Gasteiger partial charge in [-0.05, 0) is 61.6 Å². The number of aromatic nitrogens is 2. The molecule has 0 saturated heterocycles. The molecule has 2 amide bonds. The highest BCUT2D eigenvalue weighted by Crippen LogP contribution is 2.31. The maximum Gasteiger partial charge on any atom is 0.329 e. The summed E-state index contributed by atoms with van der Waals surface area (Å²) in [6.45, 7) is 0.328. The van der Waals surface area contributed by atoms with E-state index in [1.807, 2.05) is 16.7 Å². The number of fused-ring (bicyclic) bond motifs is 1. The Labute approximate surface area is 196 Å². The summed E-state index contributed by atoms with van der Waals surface area (Å²) in [6.07, 6.45) is 3.15. The van der Waals surface area contributed by atoms with Crippen molar-refractivity contribution in [3.8, 4) is 11.8 Å². The van der Waals surface area contributed by atoms with Gasteiger partial charge in [0.15, 0.2) is 0 Å². The summed E-state index contributed by atoms with van der Waals surface area (Å²) in [4.78, 5) is 25.2. The van der Waals surface area contributed by atoms with E-state index in [2.05, 4.69) is 16.7 Å². The molecule has 2 N–H and O–H groups in total. The summed E-state index contributed by atoms with van der Waals surface area (Å²) < 4.78 is 8.77. The van der Waals surface area contributed by atoms with Gasteiger partial charge in [0.2, 0.25) is 0 Å².